The van der Waals surface area contributed by atoms with Crippen LogP contribution in [-0.2, 0) is 4.74 Å². The summed E-state index contributed by atoms with van der Waals surface area (Å²) in [5.41, 5.74) is 1.86. The van der Waals surface area contributed by atoms with Gasteiger partial charge in [0.15, 0.2) is 5.57 Å². The topological polar surface area (TPSA) is 110 Å². The normalized spacial score (nSPS) is 8.76. The molecule has 0 aliphatic carbocycles. The molecule has 0 saturated carbocycles. The summed E-state index contributed by atoms with van der Waals surface area (Å²) in [6.45, 7) is 3.58. The van der Waals surface area contributed by atoms with Crippen molar-refractivity contribution in [1.29, 1.82) is 15.8 Å². The smallest absolute Gasteiger partial charge is 0.338 e. The minimum atomic E-state index is -0.498. The molecule has 0 aliphatic rings. The van der Waals surface area contributed by atoms with Gasteiger partial charge >= 0.3 is 5.97 Å². The number of allylic oxidation sites excluding steroid dienone is 2. The summed E-state index contributed by atoms with van der Waals surface area (Å²) in [6.07, 6.45) is 0. The summed E-state index contributed by atoms with van der Waals surface area (Å²) >= 11 is 0. The molecule has 6 heteroatoms. The summed E-state index contributed by atoms with van der Waals surface area (Å²) < 4.78 is 4.70. The molecule has 0 fully saturated rings. The highest BCUT2D eigenvalue weighted by Gasteiger charge is 2.14. The monoisotopic (exact) mass is 280 g/mol. The first-order chi connectivity index (χ1) is 9.98. The number of methoxy groups -OCH3 is 1. The Kier molecular flexibility index (Phi) is 5.06. The molecular weight excluding hydrogens is 268 g/mol. The fraction of sp³-hybridized carbons (Fsp3) is 0.200. The maximum Gasteiger partial charge on any atom is 0.338 e. The molecule has 0 heterocycles. The van der Waals surface area contributed by atoms with Crippen LogP contribution in [0.3, 0.4) is 0 Å². The zero-order chi connectivity index (χ0) is 16.0. The lowest BCUT2D eigenvalue weighted by atomic mass is 10.0. The van der Waals surface area contributed by atoms with Crippen LogP contribution >= 0.6 is 0 Å². The highest BCUT2D eigenvalue weighted by atomic mass is 16.5. The Morgan fingerprint density at radius 3 is 2.24 bits per heavy atom. The molecule has 0 bridgehead atoms. The standard InChI is InChI=1S/C15H12N4O2/c1-9-4-12(5-13(10(9)2)15(20)21-3)19-14(8-18)11(6-16)7-17/h4-5,19H,1-3H3. The number of rotatable bonds is 3. The zero-order valence-corrected chi connectivity index (χ0v) is 11.8. The molecule has 1 rings (SSSR count). The van der Waals surface area contributed by atoms with Gasteiger partial charge in [0.1, 0.15) is 23.9 Å². The van der Waals surface area contributed by atoms with Gasteiger partial charge < -0.3 is 10.1 Å². The Morgan fingerprint density at radius 2 is 1.76 bits per heavy atom. The number of nitrogens with zero attached hydrogens (tertiary/aromatic N) is 3. The van der Waals surface area contributed by atoms with Gasteiger partial charge in [0.05, 0.1) is 12.7 Å². The molecule has 1 aromatic rings. The number of esters is 1. The summed E-state index contributed by atoms with van der Waals surface area (Å²) in [4.78, 5) is 11.7. The van der Waals surface area contributed by atoms with Crippen LogP contribution < -0.4 is 5.32 Å². The fourth-order valence-corrected chi connectivity index (χ4v) is 1.68. The second-order valence-electron chi connectivity index (χ2n) is 4.17. The molecule has 104 valence electrons. The molecule has 0 aromatic heterocycles. The number of nitrogens with one attached hydrogen (secondary N) is 1. The summed E-state index contributed by atoms with van der Waals surface area (Å²) in [5, 5.41) is 29.3. The Bertz CT molecular complexity index is 727. The molecule has 0 aliphatic heterocycles. The van der Waals surface area contributed by atoms with E-state index in [2.05, 4.69) is 5.32 Å². The number of nitriles is 3. The molecule has 1 N–H and O–H groups in total. The van der Waals surface area contributed by atoms with E-state index in [-0.39, 0.29) is 11.3 Å². The van der Waals surface area contributed by atoms with E-state index in [1.165, 1.54) is 13.2 Å². The number of carbonyl (C=O) groups excluding carboxylic acids is 1. The first-order valence-corrected chi connectivity index (χ1v) is 5.89. The molecule has 0 amide bonds. The number of ether oxygens (including phenoxy) is 1. The maximum atomic E-state index is 11.7. The van der Waals surface area contributed by atoms with E-state index in [9.17, 15) is 4.79 Å². The highest BCUT2D eigenvalue weighted by Crippen LogP contribution is 2.22. The molecular formula is C15H12N4O2. The van der Waals surface area contributed by atoms with Gasteiger partial charge in [0, 0.05) is 5.69 Å². The average molecular weight is 280 g/mol. The lowest BCUT2D eigenvalue weighted by Crippen LogP contribution is -2.08. The molecule has 6 nitrogen and oxygen atoms in total. The quantitative estimate of drug-likeness (QED) is 0.672. The van der Waals surface area contributed by atoms with Crippen molar-refractivity contribution < 1.29 is 9.53 Å². The minimum Gasteiger partial charge on any atom is -0.465 e. The van der Waals surface area contributed by atoms with E-state index in [0.29, 0.717) is 11.3 Å². The van der Waals surface area contributed by atoms with Crippen molar-refractivity contribution in [2.75, 3.05) is 12.4 Å². The van der Waals surface area contributed by atoms with Crippen molar-refractivity contribution in [3.05, 3.63) is 40.1 Å². The second kappa shape index (κ2) is 6.75. The lowest BCUT2D eigenvalue weighted by molar-refractivity contribution is 0.0600. The van der Waals surface area contributed by atoms with Gasteiger partial charge in [0.2, 0.25) is 0 Å². The number of anilines is 1. The van der Waals surface area contributed by atoms with Gasteiger partial charge in [-0.2, -0.15) is 15.8 Å². The molecule has 1 aromatic carbocycles. The predicted molar refractivity (Wildman–Crippen MR) is 74.7 cm³/mol. The van der Waals surface area contributed by atoms with Crippen molar-refractivity contribution in [3.63, 3.8) is 0 Å². The van der Waals surface area contributed by atoms with E-state index < -0.39 is 5.97 Å². The second-order valence-corrected chi connectivity index (χ2v) is 4.17. The van der Waals surface area contributed by atoms with E-state index in [1.54, 1.807) is 38.1 Å². The first-order valence-electron chi connectivity index (χ1n) is 5.89. The Hall–Kier alpha value is -3.30. The summed E-state index contributed by atoms with van der Waals surface area (Å²) in [6, 6.07) is 8.26. The summed E-state index contributed by atoms with van der Waals surface area (Å²) in [7, 11) is 1.28. The largest absolute Gasteiger partial charge is 0.465 e. The van der Waals surface area contributed by atoms with Crippen molar-refractivity contribution in [3.8, 4) is 18.2 Å². The number of hydrogen-bond acceptors (Lipinski definition) is 6. The third-order valence-electron chi connectivity index (χ3n) is 2.93. The molecule has 0 spiro atoms. The van der Waals surface area contributed by atoms with Crippen molar-refractivity contribution in [2.24, 2.45) is 0 Å². The fourth-order valence-electron chi connectivity index (χ4n) is 1.68. The Balaban J connectivity index is 3.36. The van der Waals surface area contributed by atoms with Crippen molar-refractivity contribution >= 4 is 11.7 Å². The average Bonchev–Trinajstić information content (AvgIpc) is 2.49. The van der Waals surface area contributed by atoms with Gasteiger partial charge in [-0.15, -0.1) is 0 Å². The van der Waals surface area contributed by atoms with Gasteiger partial charge in [-0.3, -0.25) is 0 Å². The van der Waals surface area contributed by atoms with Crippen LogP contribution in [0.2, 0.25) is 0 Å². The van der Waals surface area contributed by atoms with E-state index in [4.69, 9.17) is 20.5 Å². The Morgan fingerprint density at radius 1 is 1.14 bits per heavy atom. The number of carbonyl (C=O) groups is 1. The highest BCUT2D eigenvalue weighted by molar-refractivity contribution is 5.92. The number of aryl methyl sites for hydroxylation is 1. The SMILES string of the molecule is COC(=O)c1cc(NC(C#N)=C(C#N)C#N)cc(C)c1C. The van der Waals surface area contributed by atoms with Gasteiger partial charge in [-0.1, -0.05) is 0 Å². The van der Waals surface area contributed by atoms with Gasteiger partial charge in [0.25, 0.3) is 0 Å². The lowest BCUT2D eigenvalue weighted by Gasteiger charge is -2.11. The van der Waals surface area contributed by atoms with E-state index >= 15 is 0 Å². The molecule has 21 heavy (non-hydrogen) atoms. The van der Waals surface area contributed by atoms with Gasteiger partial charge in [-0.05, 0) is 37.1 Å². The Labute approximate surface area is 122 Å². The van der Waals surface area contributed by atoms with Crippen LogP contribution in [0.4, 0.5) is 5.69 Å². The third-order valence-corrected chi connectivity index (χ3v) is 2.93. The van der Waals surface area contributed by atoms with E-state index in [1.807, 2.05) is 0 Å². The minimum absolute atomic E-state index is 0.168. The third kappa shape index (κ3) is 3.37. The summed E-state index contributed by atoms with van der Waals surface area (Å²) in [5.74, 6) is -0.498. The van der Waals surface area contributed by atoms with Crippen molar-refractivity contribution in [1.82, 2.24) is 0 Å². The zero-order valence-electron chi connectivity index (χ0n) is 11.8. The van der Waals surface area contributed by atoms with Crippen LogP contribution in [0.25, 0.3) is 0 Å². The van der Waals surface area contributed by atoms with Crippen LogP contribution in [0.1, 0.15) is 21.5 Å². The van der Waals surface area contributed by atoms with Crippen LogP contribution in [0, 0.1) is 47.8 Å². The molecule has 0 atom stereocenters. The first kappa shape index (κ1) is 15.8. The van der Waals surface area contributed by atoms with Crippen molar-refractivity contribution in [2.45, 2.75) is 13.8 Å². The number of hydrogen-bond donors (Lipinski definition) is 1. The van der Waals surface area contributed by atoms with Crippen LogP contribution in [-0.4, -0.2) is 13.1 Å². The number of benzene rings is 1. The maximum absolute atomic E-state index is 11.7. The predicted octanol–water partition coefficient (Wildman–Crippen LogP) is 2.33. The molecule has 0 radical (unpaired) electrons. The molecule has 0 saturated heterocycles. The molecule has 0 unspecified atom stereocenters. The van der Waals surface area contributed by atoms with E-state index in [0.717, 1.165) is 11.1 Å². The van der Waals surface area contributed by atoms with Crippen LogP contribution in [0.5, 0.6) is 0 Å². The van der Waals surface area contributed by atoms with Crippen LogP contribution in [0.15, 0.2) is 23.4 Å². The van der Waals surface area contributed by atoms with Gasteiger partial charge in [-0.25, -0.2) is 4.79 Å².